The predicted molar refractivity (Wildman–Crippen MR) is 156 cm³/mol. The van der Waals surface area contributed by atoms with Crippen molar-refractivity contribution in [3.05, 3.63) is 103 Å². The Kier molecular flexibility index (Phi) is 8.10. The van der Waals surface area contributed by atoms with Crippen molar-refractivity contribution in [1.29, 1.82) is 5.41 Å². The Hall–Kier alpha value is -3.49. The number of aromatic nitrogens is 1. The number of aromatic carboxylic acids is 1. The number of hydrogen-bond acceptors (Lipinski definition) is 6. The van der Waals surface area contributed by atoms with Crippen molar-refractivity contribution >= 4 is 68.9 Å². The first-order valence-corrected chi connectivity index (χ1v) is 13.5. The summed E-state index contributed by atoms with van der Waals surface area (Å²) in [7, 11) is 0. The van der Waals surface area contributed by atoms with Gasteiger partial charge < -0.3 is 19.7 Å². The van der Waals surface area contributed by atoms with Crippen LogP contribution >= 0.6 is 46.4 Å². The van der Waals surface area contributed by atoms with Crippen molar-refractivity contribution in [1.82, 2.24) is 4.98 Å². The van der Waals surface area contributed by atoms with Crippen LogP contribution in [0.4, 0.5) is 0 Å². The molecule has 0 unspecified atom stereocenters. The molecule has 3 N–H and O–H groups in total. The fourth-order valence-corrected chi connectivity index (χ4v) is 5.25. The summed E-state index contributed by atoms with van der Waals surface area (Å²) in [6.07, 6.45) is 2.83. The average Bonchev–Trinajstić information content (AvgIpc) is 3.77. The van der Waals surface area contributed by atoms with Gasteiger partial charge in [0, 0.05) is 34.5 Å². The van der Waals surface area contributed by atoms with Crippen LogP contribution in [0.15, 0.2) is 72.1 Å². The molecule has 0 saturated heterocycles. The van der Waals surface area contributed by atoms with Gasteiger partial charge >= 0.3 is 5.97 Å². The number of fused-ring (bicyclic) bond motifs is 1. The van der Waals surface area contributed by atoms with Crippen molar-refractivity contribution in [2.45, 2.75) is 12.8 Å². The van der Waals surface area contributed by atoms with Gasteiger partial charge in [-0.1, -0.05) is 52.5 Å². The zero-order valence-corrected chi connectivity index (χ0v) is 23.6. The highest BCUT2D eigenvalue weighted by atomic mass is 35.5. The van der Waals surface area contributed by atoms with Crippen LogP contribution in [0, 0.1) is 11.3 Å². The number of rotatable bonds is 9. The van der Waals surface area contributed by atoms with Crippen LogP contribution in [-0.2, 0) is 0 Å². The Morgan fingerprint density at radius 2 is 1.65 bits per heavy atom. The molecule has 11 heteroatoms. The molecule has 4 aromatic rings. The third-order valence-corrected chi connectivity index (χ3v) is 7.55. The lowest BCUT2D eigenvalue weighted by Crippen LogP contribution is -2.16. The number of allylic oxidation sites excluding steroid dienone is 1. The van der Waals surface area contributed by atoms with Crippen LogP contribution in [0.1, 0.15) is 28.8 Å². The molecule has 0 atom stereocenters. The monoisotopic (exact) mass is 616 g/mol. The van der Waals surface area contributed by atoms with Gasteiger partial charge in [-0.25, -0.2) is 9.78 Å². The minimum atomic E-state index is -1.10. The van der Waals surface area contributed by atoms with E-state index in [1.807, 2.05) is 0 Å². The molecule has 0 aliphatic heterocycles. The van der Waals surface area contributed by atoms with Crippen molar-refractivity contribution in [3.8, 4) is 17.4 Å². The second-order valence-corrected chi connectivity index (χ2v) is 10.7. The first kappa shape index (κ1) is 28.1. The quantitative estimate of drug-likeness (QED) is 0.128. The number of nitrogens with one attached hydrogen (secondary N) is 1. The minimum Gasteiger partial charge on any atom is -0.512 e. The molecule has 1 aliphatic carbocycles. The van der Waals surface area contributed by atoms with Gasteiger partial charge in [0.15, 0.2) is 5.75 Å². The lowest BCUT2D eigenvalue weighted by atomic mass is 10.00. The number of nitrogens with zero attached hydrogens (tertiary/aromatic N) is 1. The highest BCUT2D eigenvalue weighted by Crippen LogP contribution is 2.42. The van der Waals surface area contributed by atoms with E-state index in [-0.39, 0.29) is 46.2 Å². The first-order chi connectivity index (χ1) is 19.1. The fraction of sp³-hybridized carbons (Fsp3) is 0.138. The molecule has 1 heterocycles. The van der Waals surface area contributed by atoms with Gasteiger partial charge in [0.05, 0.1) is 36.9 Å². The molecule has 40 heavy (non-hydrogen) atoms. The second-order valence-electron chi connectivity index (χ2n) is 9.07. The van der Waals surface area contributed by atoms with Crippen LogP contribution in [0.5, 0.6) is 17.4 Å². The van der Waals surface area contributed by atoms with E-state index in [4.69, 9.17) is 66.4 Å². The van der Waals surface area contributed by atoms with E-state index in [0.29, 0.717) is 42.7 Å². The van der Waals surface area contributed by atoms with Crippen molar-refractivity contribution < 1.29 is 24.5 Å². The van der Waals surface area contributed by atoms with Crippen molar-refractivity contribution in [2.75, 3.05) is 6.61 Å². The number of aliphatic hydroxyl groups excluding tert-OH is 1. The Morgan fingerprint density at radius 3 is 2.27 bits per heavy atom. The van der Waals surface area contributed by atoms with Gasteiger partial charge in [-0.2, -0.15) is 0 Å². The van der Waals surface area contributed by atoms with E-state index >= 15 is 0 Å². The standard InChI is InChI=1S/C29H20Cl4N2O5/c30-20-2-1-3-21(31)25(20)26(34)19(27(36)14-4-5-14)13-39-16-7-8-17-18(10-16)22(32)11-23(33)28(17)40-24-9-6-15(12-35-24)29(37)38/h1-3,6-12,14,34,36H,4-5,13H2,(H,37,38)/b27-19-,34-26?. The third-order valence-electron chi connectivity index (χ3n) is 6.32. The number of halogens is 4. The van der Waals surface area contributed by atoms with Crippen LogP contribution in [0.25, 0.3) is 10.8 Å². The van der Waals surface area contributed by atoms with Crippen molar-refractivity contribution in [2.24, 2.45) is 5.92 Å². The lowest BCUT2D eigenvalue weighted by molar-refractivity contribution is 0.0696. The summed E-state index contributed by atoms with van der Waals surface area (Å²) < 4.78 is 11.9. The maximum Gasteiger partial charge on any atom is 0.337 e. The predicted octanol–water partition coefficient (Wildman–Crippen LogP) is 9.01. The topological polar surface area (TPSA) is 113 Å². The number of pyridine rings is 1. The van der Waals surface area contributed by atoms with Crippen LogP contribution in [0.2, 0.25) is 20.1 Å². The average molecular weight is 618 g/mol. The molecule has 1 saturated carbocycles. The van der Waals surface area contributed by atoms with E-state index in [1.165, 1.54) is 24.4 Å². The number of aliphatic hydroxyl groups is 1. The van der Waals surface area contributed by atoms with Gasteiger partial charge in [-0.05, 0) is 55.3 Å². The zero-order chi connectivity index (χ0) is 28.6. The molecule has 0 amide bonds. The van der Waals surface area contributed by atoms with Gasteiger partial charge in [0.2, 0.25) is 5.88 Å². The molecule has 3 aromatic carbocycles. The summed E-state index contributed by atoms with van der Waals surface area (Å²) in [4.78, 5) is 15.1. The molecule has 1 fully saturated rings. The van der Waals surface area contributed by atoms with E-state index in [0.717, 1.165) is 12.8 Å². The smallest absolute Gasteiger partial charge is 0.337 e. The number of carboxylic acid groups (broad SMARTS) is 1. The summed E-state index contributed by atoms with van der Waals surface area (Å²) >= 11 is 25.6. The molecular formula is C29H20Cl4N2O5. The Bertz CT molecular complexity index is 1660. The summed E-state index contributed by atoms with van der Waals surface area (Å²) in [5, 5.41) is 31.1. The molecule has 0 radical (unpaired) electrons. The lowest BCUT2D eigenvalue weighted by Gasteiger charge is -2.17. The molecule has 1 aromatic heterocycles. The number of carboxylic acids is 1. The number of carbonyl (C=O) groups is 1. The van der Waals surface area contributed by atoms with E-state index in [9.17, 15) is 9.90 Å². The van der Waals surface area contributed by atoms with Gasteiger partial charge in [0.1, 0.15) is 18.1 Å². The Balaban J connectivity index is 1.44. The molecule has 5 rings (SSSR count). The normalized spacial score (nSPS) is 13.6. The highest BCUT2D eigenvalue weighted by Gasteiger charge is 2.31. The van der Waals surface area contributed by atoms with Gasteiger partial charge in [0.25, 0.3) is 0 Å². The molecule has 0 spiro atoms. The zero-order valence-electron chi connectivity index (χ0n) is 20.6. The molecular weight excluding hydrogens is 598 g/mol. The van der Waals surface area contributed by atoms with E-state index < -0.39 is 5.97 Å². The van der Waals surface area contributed by atoms with Gasteiger partial charge in [-0.15, -0.1) is 0 Å². The number of hydrogen-bond donors (Lipinski definition) is 3. The first-order valence-electron chi connectivity index (χ1n) is 12.0. The molecule has 0 bridgehead atoms. The number of ether oxygens (including phenoxy) is 2. The molecule has 7 nitrogen and oxygen atoms in total. The van der Waals surface area contributed by atoms with Crippen LogP contribution < -0.4 is 9.47 Å². The molecule has 1 aliphatic rings. The van der Waals surface area contributed by atoms with E-state index in [1.54, 1.807) is 36.4 Å². The number of benzene rings is 3. The summed E-state index contributed by atoms with van der Waals surface area (Å²) in [6.45, 7) is -0.108. The third kappa shape index (κ3) is 5.83. The highest BCUT2D eigenvalue weighted by molar-refractivity contribution is 6.41. The summed E-state index contributed by atoms with van der Waals surface area (Å²) in [6, 6.07) is 14.4. The summed E-state index contributed by atoms with van der Waals surface area (Å²) in [5.74, 6) is -0.195. The summed E-state index contributed by atoms with van der Waals surface area (Å²) in [5.41, 5.74) is 0.620. The maximum atomic E-state index is 11.1. The minimum absolute atomic E-state index is 0.0114. The van der Waals surface area contributed by atoms with E-state index in [2.05, 4.69) is 4.98 Å². The van der Waals surface area contributed by atoms with Gasteiger partial charge in [-0.3, -0.25) is 5.41 Å². The maximum absolute atomic E-state index is 11.1. The molecule has 204 valence electrons. The largest absolute Gasteiger partial charge is 0.512 e. The Labute approximate surface area is 249 Å². The fourth-order valence-electron chi connectivity index (χ4n) is 4.09. The van der Waals surface area contributed by atoms with Crippen molar-refractivity contribution in [3.63, 3.8) is 0 Å². The van der Waals surface area contributed by atoms with Crippen LogP contribution in [-0.4, -0.2) is 33.5 Å². The second kappa shape index (κ2) is 11.6. The Morgan fingerprint density at radius 1 is 0.925 bits per heavy atom. The van der Waals surface area contributed by atoms with Crippen LogP contribution in [0.3, 0.4) is 0 Å². The SMILES string of the molecule is N=C(/C(COc1ccc2c(Oc3ccc(C(=O)O)cn3)c(Cl)cc(Cl)c2c1)=C(\O)C1CC1)c1c(Cl)cccc1Cl.